The van der Waals surface area contributed by atoms with Crippen molar-refractivity contribution in [3.8, 4) is 0 Å². The van der Waals surface area contributed by atoms with Crippen LogP contribution in [0, 0.1) is 5.92 Å². The summed E-state index contributed by atoms with van der Waals surface area (Å²) in [4.78, 5) is 0. The first-order valence-electron chi connectivity index (χ1n) is 6.52. The molecule has 92 valence electrons. The SMILES string of the molecule is C=C(C)C(=CC(=CC)CCCC)CC(C)C. The third-order valence-electron chi connectivity index (χ3n) is 2.73. The molecule has 0 radical (unpaired) electrons. The molecule has 0 unspecified atom stereocenters. The standard InChI is InChI=1S/C16H28/c1-7-9-10-15(8-2)12-16(14(5)6)11-13(3)4/h8,12-13H,5,7,9-11H2,1-4,6H3. The minimum atomic E-state index is 0.701. The predicted octanol–water partition coefficient (Wildman–Crippen LogP) is 5.67. The van der Waals surface area contributed by atoms with Gasteiger partial charge in [-0.2, -0.15) is 0 Å². The fourth-order valence-corrected chi connectivity index (χ4v) is 1.70. The van der Waals surface area contributed by atoms with Crippen molar-refractivity contribution < 1.29 is 0 Å². The first kappa shape index (κ1) is 15.2. The highest BCUT2D eigenvalue weighted by molar-refractivity contribution is 5.34. The van der Waals surface area contributed by atoms with Crippen molar-refractivity contribution in [2.24, 2.45) is 5.92 Å². The lowest BCUT2D eigenvalue weighted by Gasteiger charge is -2.11. The zero-order valence-electron chi connectivity index (χ0n) is 11.8. The van der Waals surface area contributed by atoms with Gasteiger partial charge < -0.3 is 0 Å². The fourth-order valence-electron chi connectivity index (χ4n) is 1.70. The Morgan fingerprint density at radius 1 is 1.31 bits per heavy atom. The molecule has 0 saturated carbocycles. The quantitative estimate of drug-likeness (QED) is 0.485. The number of hydrogen-bond donors (Lipinski definition) is 0. The lowest BCUT2D eigenvalue weighted by Crippen LogP contribution is -1.94. The zero-order chi connectivity index (χ0) is 12.6. The highest BCUT2D eigenvalue weighted by atomic mass is 14.1. The number of unbranched alkanes of at least 4 members (excludes halogenated alkanes) is 1. The Labute approximate surface area is 102 Å². The molecule has 0 aliphatic heterocycles. The molecule has 0 rings (SSSR count). The monoisotopic (exact) mass is 220 g/mol. The molecule has 0 N–H and O–H groups in total. The summed E-state index contributed by atoms with van der Waals surface area (Å²) in [5.41, 5.74) is 4.09. The van der Waals surface area contributed by atoms with Crippen molar-refractivity contribution in [3.05, 3.63) is 35.5 Å². The Morgan fingerprint density at radius 2 is 1.94 bits per heavy atom. The largest absolute Gasteiger partial charge is 0.0958 e. The molecule has 0 heteroatoms. The molecule has 0 amide bonds. The van der Waals surface area contributed by atoms with Crippen LogP contribution in [0.3, 0.4) is 0 Å². The van der Waals surface area contributed by atoms with E-state index in [0.717, 1.165) is 6.42 Å². The van der Waals surface area contributed by atoms with Gasteiger partial charge in [0.25, 0.3) is 0 Å². The second-order valence-electron chi connectivity index (χ2n) is 5.02. The first-order chi connectivity index (χ1) is 7.51. The molecule has 0 heterocycles. The van der Waals surface area contributed by atoms with E-state index in [4.69, 9.17) is 0 Å². The van der Waals surface area contributed by atoms with Crippen LogP contribution >= 0.6 is 0 Å². The maximum Gasteiger partial charge on any atom is -0.0253 e. The van der Waals surface area contributed by atoms with Gasteiger partial charge in [-0.25, -0.2) is 0 Å². The van der Waals surface area contributed by atoms with Crippen LogP contribution < -0.4 is 0 Å². The van der Waals surface area contributed by atoms with Gasteiger partial charge in [0.05, 0.1) is 0 Å². The summed E-state index contributed by atoms with van der Waals surface area (Å²) in [5.74, 6) is 0.701. The van der Waals surface area contributed by atoms with Crippen LogP contribution in [-0.2, 0) is 0 Å². The molecule has 0 aliphatic carbocycles. The van der Waals surface area contributed by atoms with Gasteiger partial charge in [-0.15, -0.1) is 0 Å². The molecule has 0 nitrogen and oxygen atoms in total. The summed E-state index contributed by atoms with van der Waals surface area (Å²) in [6.07, 6.45) is 9.46. The van der Waals surface area contributed by atoms with E-state index < -0.39 is 0 Å². The van der Waals surface area contributed by atoms with Crippen molar-refractivity contribution >= 4 is 0 Å². The highest BCUT2D eigenvalue weighted by Gasteiger charge is 2.03. The van der Waals surface area contributed by atoms with E-state index in [0.29, 0.717) is 5.92 Å². The van der Waals surface area contributed by atoms with Crippen molar-refractivity contribution in [2.75, 3.05) is 0 Å². The molecular formula is C16H28. The van der Waals surface area contributed by atoms with Gasteiger partial charge in [0.2, 0.25) is 0 Å². The molecule has 0 fully saturated rings. The normalized spacial score (nSPS) is 13.4. The second-order valence-corrected chi connectivity index (χ2v) is 5.02. The summed E-state index contributed by atoms with van der Waals surface area (Å²) in [7, 11) is 0. The maximum atomic E-state index is 4.08. The maximum absolute atomic E-state index is 4.08. The van der Waals surface area contributed by atoms with Crippen LogP contribution in [0.5, 0.6) is 0 Å². The van der Waals surface area contributed by atoms with Crippen LogP contribution in [0.1, 0.15) is 60.3 Å². The molecule has 0 aromatic rings. The van der Waals surface area contributed by atoms with Crippen molar-refractivity contribution in [1.82, 2.24) is 0 Å². The summed E-state index contributed by atoms with van der Waals surface area (Å²) >= 11 is 0. The van der Waals surface area contributed by atoms with E-state index in [1.165, 1.54) is 36.0 Å². The third-order valence-corrected chi connectivity index (χ3v) is 2.73. The minimum Gasteiger partial charge on any atom is -0.0958 e. The van der Waals surface area contributed by atoms with E-state index >= 15 is 0 Å². The smallest absolute Gasteiger partial charge is 0.0253 e. The van der Waals surface area contributed by atoms with Gasteiger partial charge in [0, 0.05) is 0 Å². The molecule has 0 aliphatic rings. The Balaban J connectivity index is 4.67. The first-order valence-corrected chi connectivity index (χ1v) is 6.52. The molecule has 0 bridgehead atoms. The molecule has 0 aromatic carbocycles. The lowest BCUT2D eigenvalue weighted by atomic mass is 9.94. The average Bonchev–Trinajstić information content (AvgIpc) is 2.21. The summed E-state index contributed by atoms with van der Waals surface area (Å²) in [6.45, 7) is 15.1. The predicted molar refractivity (Wildman–Crippen MR) is 75.6 cm³/mol. The van der Waals surface area contributed by atoms with Crippen molar-refractivity contribution in [1.29, 1.82) is 0 Å². The van der Waals surface area contributed by atoms with Gasteiger partial charge >= 0.3 is 0 Å². The topological polar surface area (TPSA) is 0 Å². The zero-order valence-corrected chi connectivity index (χ0v) is 11.8. The van der Waals surface area contributed by atoms with Gasteiger partial charge in [-0.05, 0) is 44.6 Å². The molecule has 16 heavy (non-hydrogen) atoms. The van der Waals surface area contributed by atoms with Crippen LogP contribution in [0.4, 0.5) is 0 Å². The lowest BCUT2D eigenvalue weighted by molar-refractivity contribution is 0.645. The molecule has 0 aromatic heterocycles. The van der Waals surface area contributed by atoms with Crippen molar-refractivity contribution in [3.63, 3.8) is 0 Å². The summed E-state index contributed by atoms with van der Waals surface area (Å²) < 4.78 is 0. The third kappa shape index (κ3) is 6.66. The molecule has 0 saturated heterocycles. The summed E-state index contributed by atoms with van der Waals surface area (Å²) in [5, 5.41) is 0. The minimum absolute atomic E-state index is 0.701. The Hall–Kier alpha value is -0.780. The highest BCUT2D eigenvalue weighted by Crippen LogP contribution is 2.21. The van der Waals surface area contributed by atoms with E-state index in [1.54, 1.807) is 0 Å². The second kappa shape index (κ2) is 8.38. The Bertz CT molecular complexity index is 264. The van der Waals surface area contributed by atoms with E-state index in [-0.39, 0.29) is 0 Å². The van der Waals surface area contributed by atoms with Gasteiger partial charge in [-0.3, -0.25) is 0 Å². The van der Waals surface area contributed by atoms with Crippen LogP contribution in [-0.4, -0.2) is 0 Å². The van der Waals surface area contributed by atoms with E-state index in [9.17, 15) is 0 Å². The van der Waals surface area contributed by atoms with E-state index in [2.05, 4.69) is 53.3 Å². The number of rotatable bonds is 7. The van der Waals surface area contributed by atoms with Crippen LogP contribution in [0.25, 0.3) is 0 Å². The van der Waals surface area contributed by atoms with Crippen molar-refractivity contribution in [2.45, 2.75) is 60.3 Å². The van der Waals surface area contributed by atoms with Gasteiger partial charge in [0.15, 0.2) is 0 Å². The molecular weight excluding hydrogens is 192 g/mol. The number of hydrogen-bond acceptors (Lipinski definition) is 0. The van der Waals surface area contributed by atoms with Crippen LogP contribution in [0.15, 0.2) is 35.5 Å². The van der Waals surface area contributed by atoms with Gasteiger partial charge in [-0.1, -0.05) is 57.1 Å². The fraction of sp³-hybridized carbons (Fsp3) is 0.625. The molecule has 0 atom stereocenters. The molecule has 0 spiro atoms. The summed E-state index contributed by atoms with van der Waals surface area (Å²) in [6, 6.07) is 0. The Kier molecular flexibility index (Phi) is 7.97. The van der Waals surface area contributed by atoms with E-state index in [1.807, 2.05) is 0 Å². The average molecular weight is 220 g/mol. The van der Waals surface area contributed by atoms with Gasteiger partial charge in [0.1, 0.15) is 0 Å². The van der Waals surface area contributed by atoms with Crippen LogP contribution in [0.2, 0.25) is 0 Å². The number of allylic oxidation sites excluding steroid dienone is 5. The Morgan fingerprint density at radius 3 is 2.31 bits per heavy atom.